The number of benzene rings is 1. The predicted molar refractivity (Wildman–Crippen MR) is 52.3 cm³/mol. The second kappa shape index (κ2) is 3.43. The van der Waals surface area contributed by atoms with E-state index in [4.69, 9.17) is 0 Å². The number of aromatic nitrogens is 4. The maximum absolute atomic E-state index is 11.3. The molecule has 2 rings (SSSR count). The van der Waals surface area contributed by atoms with Crippen LogP contribution in [0.4, 0.5) is 0 Å². The van der Waals surface area contributed by atoms with Gasteiger partial charge in [-0.25, -0.2) is 8.42 Å². The number of rotatable bonds is 2. The molecule has 0 radical (unpaired) electrons. The van der Waals surface area contributed by atoms with Gasteiger partial charge in [0.15, 0.2) is 0 Å². The lowest BCUT2D eigenvalue weighted by Crippen LogP contribution is -2.08. The van der Waals surface area contributed by atoms with Crippen LogP contribution >= 0.6 is 0 Å². The van der Waals surface area contributed by atoms with Gasteiger partial charge in [0, 0.05) is 6.26 Å². The highest BCUT2D eigenvalue weighted by Crippen LogP contribution is 2.10. The van der Waals surface area contributed by atoms with Gasteiger partial charge in [-0.15, -0.1) is 0 Å². The largest absolute Gasteiger partial charge is 0.272 e. The summed E-state index contributed by atoms with van der Waals surface area (Å²) in [6, 6.07) is 8.84. The van der Waals surface area contributed by atoms with Crippen LogP contribution in [-0.4, -0.2) is 34.9 Å². The molecular weight excluding hydrogens is 216 g/mol. The van der Waals surface area contributed by atoms with Crippen molar-refractivity contribution in [2.24, 2.45) is 0 Å². The monoisotopic (exact) mass is 224 g/mol. The van der Waals surface area contributed by atoms with Crippen LogP contribution in [0.3, 0.4) is 0 Å². The van der Waals surface area contributed by atoms with E-state index in [-0.39, 0.29) is 5.16 Å². The van der Waals surface area contributed by atoms with Gasteiger partial charge in [0.05, 0.1) is 5.69 Å². The van der Waals surface area contributed by atoms with E-state index in [0.717, 1.165) is 6.26 Å². The molecule has 7 heteroatoms. The van der Waals surface area contributed by atoms with Crippen molar-refractivity contribution in [1.29, 1.82) is 0 Å². The maximum atomic E-state index is 11.3. The SMILES string of the molecule is CS(=O)(=O)c1nnnn1-c1ccccc1. The third-order valence-electron chi connectivity index (χ3n) is 1.77. The predicted octanol–water partition coefficient (Wildman–Crippen LogP) is 0.0658. The summed E-state index contributed by atoms with van der Waals surface area (Å²) in [5.74, 6) is 0. The van der Waals surface area contributed by atoms with Crippen molar-refractivity contribution in [3.63, 3.8) is 0 Å². The first-order valence-corrected chi connectivity index (χ1v) is 6.02. The Morgan fingerprint density at radius 1 is 1.20 bits per heavy atom. The number of hydrogen-bond acceptors (Lipinski definition) is 5. The molecule has 0 saturated heterocycles. The number of sulfone groups is 1. The normalized spacial score (nSPS) is 11.5. The van der Waals surface area contributed by atoms with Crippen LogP contribution in [0.25, 0.3) is 5.69 Å². The summed E-state index contributed by atoms with van der Waals surface area (Å²) in [4.78, 5) is 0. The summed E-state index contributed by atoms with van der Waals surface area (Å²) in [5.41, 5.74) is 0.614. The van der Waals surface area contributed by atoms with Crippen LogP contribution in [-0.2, 0) is 9.84 Å². The van der Waals surface area contributed by atoms with Crippen LogP contribution in [0.15, 0.2) is 35.5 Å². The Labute approximate surface area is 86.5 Å². The van der Waals surface area contributed by atoms with Gasteiger partial charge < -0.3 is 0 Å². The molecule has 0 aliphatic heterocycles. The molecule has 1 aromatic heterocycles. The fraction of sp³-hybridized carbons (Fsp3) is 0.125. The highest BCUT2D eigenvalue weighted by atomic mass is 32.2. The number of tetrazole rings is 1. The smallest absolute Gasteiger partial charge is 0.221 e. The molecular formula is C8H8N4O2S. The highest BCUT2D eigenvalue weighted by Gasteiger charge is 2.17. The minimum atomic E-state index is -3.41. The van der Waals surface area contributed by atoms with E-state index < -0.39 is 9.84 Å². The molecule has 0 saturated carbocycles. The molecule has 0 aliphatic rings. The van der Waals surface area contributed by atoms with Crippen LogP contribution in [0.2, 0.25) is 0 Å². The lowest BCUT2D eigenvalue weighted by molar-refractivity contribution is 0.586. The molecule has 1 aromatic carbocycles. The zero-order valence-corrected chi connectivity index (χ0v) is 8.72. The van der Waals surface area contributed by atoms with E-state index in [1.54, 1.807) is 24.3 Å². The third-order valence-corrected chi connectivity index (χ3v) is 2.69. The van der Waals surface area contributed by atoms with Crippen molar-refractivity contribution >= 4 is 9.84 Å². The summed E-state index contributed by atoms with van der Waals surface area (Å²) < 4.78 is 23.8. The van der Waals surface area contributed by atoms with Crippen LogP contribution in [0.5, 0.6) is 0 Å². The lowest BCUT2D eigenvalue weighted by Gasteiger charge is -2.01. The van der Waals surface area contributed by atoms with Gasteiger partial charge in [-0.2, -0.15) is 4.68 Å². The molecule has 0 atom stereocenters. The first-order valence-electron chi connectivity index (χ1n) is 4.13. The van der Waals surface area contributed by atoms with Crippen molar-refractivity contribution in [3.05, 3.63) is 30.3 Å². The van der Waals surface area contributed by atoms with E-state index in [2.05, 4.69) is 15.5 Å². The first-order chi connectivity index (χ1) is 7.09. The fourth-order valence-corrected chi connectivity index (χ4v) is 1.78. The third kappa shape index (κ3) is 1.86. The molecule has 0 aliphatic carbocycles. The Kier molecular flexibility index (Phi) is 2.24. The van der Waals surface area contributed by atoms with E-state index >= 15 is 0 Å². The van der Waals surface area contributed by atoms with E-state index in [9.17, 15) is 8.42 Å². The van der Waals surface area contributed by atoms with Crippen LogP contribution in [0.1, 0.15) is 0 Å². The highest BCUT2D eigenvalue weighted by molar-refractivity contribution is 7.90. The number of nitrogens with zero attached hydrogens (tertiary/aromatic N) is 4. The molecule has 0 bridgehead atoms. The van der Waals surface area contributed by atoms with Gasteiger partial charge in [0.1, 0.15) is 0 Å². The van der Waals surface area contributed by atoms with Crippen LogP contribution < -0.4 is 0 Å². The van der Waals surface area contributed by atoms with Gasteiger partial charge in [-0.3, -0.25) is 0 Å². The Morgan fingerprint density at radius 2 is 1.87 bits per heavy atom. The van der Waals surface area contributed by atoms with Crippen molar-refractivity contribution in [1.82, 2.24) is 20.2 Å². The molecule has 0 amide bonds. The Hall–Kier alpha value is -1.76. The quantitative estimate of drug-likeness (QED) is 0.721. The second-order valence-electron chi connectivity index (χ2n) is 2.98. The molecule has 0 spiro atoms. The average molecular weight is 224 g/mol. The minimum absolute atomic E-state index is 0.159. The van der Waals surface area contributed by atoms with Gasteiger partial charge in [-0.05, 0) is 22.6 Å². The van der Waals surface area contributed by atoms with Gasteiger partial charge >= 0.3 is 0 Å². The molecule has 15 heavy (non-hydrogen) atoms. The summed E-state index contributed by atoms with van der Waals surface area (Å²) in [5, 5.41) is 10.3. The topological polar surface area (TPSA) is 77.7 Å². The summed E-state index contributed by atoms with van der Waals surface area (Å²) in [7, 11) is -3.41. The van der Waals surface area contributed by atoms with Gasteiger partial charge in [0.25, 0.3) is 5.16 Å². The molecule has 0 N–H and O–H groups in total. The van der Waals surface area contributed by atoms with Crippen molar-refractivity contribution < 1.29 is 8.42 Å². The van der Waals surface area contributed by atoms with Crippen molar-refractivity contribution in [3.8, 4) is 5.69 Å². The standard InChI is InChI=1S/C8H8N4O2S/c1-15(13,14)8-9-10-11-12(8)7-5-3-2-4-6-7/h2-6H,1H3. The van der Waals surface area contributed by atoms with E-state index in [0.29, 0.717) is 5.69 Å². The molecule has 1 heterocycles. The number of hydrogen-bond donors (Lipinski definition) is 0. The zero-order valence-electron chi connectivity index (χ0n) is 7.90. The maximum Gasteiger partial charge on any atom is 0.272 e. The van der Waals surface area contributed by atoms with E-state index in [1.807, 2.05) is 6.07 Å². The lowest BCUT2D eigenvalue weighted by atomic mass is 10.3. The van der Waals surface area contributed by atoms with Gasteiger partial charge in [-0.1, -0.05) is 23.3 Å². The average Bonchev–Trinajstić information content (AvgIpc) is 2.67. The Bertz CT molecular complexity index is 561. The second-order valence-corrected chi connectivity index (χ2v) is 4.89. The van der Waals surface area contributed by atoms with Crippen LogP contribution in [0, 0.1) is 0 Å². The molecule has 0 fully saturated rings. The van der Waals surface area contributed by atoms with Crippen molar-refractivity contribution in [2.45, 2.75) is 5.16 Å². The first kappa shape index (κ1) is 9.78. The minimum Gasteiger partial charge on any atom is -0.221 e. The Balaban J connectivity index is 2.61. The summed E-state index contributed by atoms with van der Waals surface area (Å²) in [6.45, 7) is 0. The number of para-hydroxylation sites is 1. The fourth-order valence-electron chi connectivity index (χ4n) is 1.14. The molecule has 6 nitrogen and oxygen atoms in total. The molecule has 0 unspecified atom stereocenters. The summed E-state index contributed by atoms with van der Waals surface area (Å²) >= 11 is 0. The van der Waals surface area contributed by atoms with Gasteiger partial charge in [0.2, 0.25) is 9.84 Å². The summed E-state index contributed by atoms with van der Waals surface area (Å²) in [6.07, 6.45) is 1.07. The van der Waals surface area contributed by atoms with E-state index in [1.165, 1.54) is 4.68 Å². The van der Waals surface area contributed by atoms with Crippen molar-refractivity contribution in [2.75, 3.05) is 6.26 Å². The molecule has 78 valence electrons. The molecule has 2 aromatic rings. The Morgan fingerprint density at radius 3 is 2.47 bits per heavy atom. The zero-order chi connectivity index (χ0) is 10.9.